The Balaban J connectivity index is 1.90. The zero-order valence-corrected chi connectivity index (χ0v) is 11.0. The molecule has 0 aliphatic heterocycles. The van der Waals surface area contributed by atoms with E-state index in [0.717, 1.165) is 12.0 Å². The lowest BCUT2D eigenvalue weighted by Gasteiger charge is -1.99. The van der Waals surface area contributed by atoms with Crippen LogP contribution in [-0.2, 0) is 13.5 Å². The molecule has 0 unspecified atom stereocenters. The second kappa shape index (κ2) is 5.18. The normalized spacial score (nSPS) is 10.6. The maximum Gasteiger partial charge on any atom is 0.355 e. The highest BCUT2D eigenvalue weighted by Crippen LogP contribution is 2.21. The molecule has 2 N–H and O–H groups in total. The van der Waals surface area contributed by atoms with Gasteiger partial charge >= 0.3 is 5.97 Å². The Morgan fingerprint density at radius 2 is 2.39 bits per heavy atom. The minimum absolute atomic E-state index is 0.129. The Labute approximate surface area is 108 Å². The number of aromatic nitrogens is 3. The van der Waals surface area contributed by atoms with Crippen LogP contribution in [0.15, 0.2) is 12.4 Å². The largest absolute Gasteiger partial charge is 0.476 e. The summed E-state index contributed by atoms with van der Waals surface area (Å²) >= 11 is 1.36. The van der Waals surface area contributed by atoms with Crippen LogP contribution in [0.2, 0.25) is 0 Å². The van der Waals surface area contributed by atoms with Crippen molar-refractivity contribution in [3.05, 3.63) is 28.5 Å². The standard InChI is InChI=1S/C11H14N4O2S/c1-7-9(10(16)17)14-11(18-7)12-4-3-8-5-13-15(2)6-8/h5-6H,3-4H2,1-2H3,(H,12,14)(H,16,17). The summed E-state index contributed by atoms with van der Waals surface area (Å²) in [5.74, 6) is -0.982. The predicted octanol–water partition coefficient (Wildman–Crippen LogP) is 1.54. The lowest BCUT2D eigenvalue weighted by Crippen LogP contribution is -2.05. The van der Waals surface area contributed by atoms with Crippen LogP contribution < -0.4 is 5.32 Å². The molecule has 0 aliphatic rings. The van der Waals surface area contributed by atoms with Crippen molar-refractivity contribution in [1.82, 2.24) is 14.8 Å². The van der Waals surface area contributed by atoms with Gasteiger partial charge in [0.05, 0.1) is 6.20 Å². The number of hydrogen-bond acceptors (Lipinski definition) is 5. The van der Waals surface area contributed by atoms with Crippen LogP contribution >= 0.6 is 11.3 Å². The minimum Gasteiger partial charge on any atom is -0.476 e. The molecule has 2 heterocycles. The van der Waals surface area contributed by atoms with Crippen LogP contribution in [-0.4, -0.2) is 32.4 Å². The summed E-state index contributed by atoms with van der Waals surface area (Å²) in [4.78, 5) is 15.6. The van der Waals surface area contributed by atoms with E-state index in [9.17, 15) is 4.79 Å². The van der Waals surface area contributed by atoms with Gasteiger partial charge in [-0.15, -0.1) is 11.3 Å². The SMILES string of the molecule is Cc1sc(NCCc2cnn(C)c2)nc1C(=O)O. The molecule has 18 heavy (non-hydrogen) atoms. The average molecular weight is 266 g/mol. The Morgan fingerprint density at radius 1 is 1.61 bits per heavy atom. The number of hydrogen-bond donors (Lipinski definition) is 2. The molecule has 6 nitrogen and oxygen atoms in total. The summed E-state index contributed by atoms with van der Waals surface area (Å²) < 4.78 is 1.76. The van der Waals surface area contributed by atoms with Crippen LogP contribution in [0, 0.1) is 6.92 Å². The van der Waals surface area contributed by atoms with Gasteiger partial charge in [0.15, 0.2) is 10.8 Å². The van der Waals surface area contributed by atoms with Gasteiger partial charge in [-0.1, -0.05) is 0 Å². The average Bonchev–Trinajstić information content (AvgIpc) is 2.85. The Morgan fingerprint density at radius 3 is 2.94 bits per heavy atom. The third-order valence-electron chi connectivity index (χ3n) is 2.45. The van der Waals surface area contributed by atoms with Gasteiger partial charge in [-0.25, -0.2) is 9.78 Å². The molecule has 2 aromatic rings. The van der Waals surface area contributed by atoms with E-state index in [2.05, 4.69) is 15.4 Å². The first-order chi connectivity index (χ1) is 8.56. The molecule has 0 aliphatic carbocycles. The van der Waals surface area contributed by atoms with Crippen molar-refractivity contribution in [2.75, 3.05) is 11.9 Å². The van der Waals surface area contributed by atoms with Crippen LogP contribution in [0.3, 0.4) is 0 Å². The highest BCUT2D eigenvalue weighted by Gasteiger charge is 2.13. The molecule has 0 radical (unpaired) electrons. The number of anilines is 1. The number of nitrogens with zero attached hydrogens (tertiary/aromatic N) is 3. The van der Waals surface area contributed by atoms with Crippen LogP contribution in [0.1, 0.15) is 20.9 Å². The van der Waals surface area contributed by atoms with E-state index in [1.54, 1.807) is 11.6 Å². The molecular weight excluding hydrogens is 252 g/mol. The van der Waals surface area contributed by atoms with Gasteiger partial charge in [0.2, 0.25) is 0 Å². The molecule has 96 valence electrons. The zero-order valence-electron chi connectivity index (χ0n) is 10.2. The molecule has 0 fully saturated rings. The first-order valence-corrected chi connectivity index (χ1v) is 6.30. The van der Waals surface area contributed by atoms with Crippen molar-refractivity contribution in [1.29, 1.82) is 0 Å². The molecule has 0 bridgehead atoms. The third-order valence-corrected chi connectivity index (χ3v) is 3.38. The first kappa shape index (κ1) is 12.6. The van der Waals surface area contributed by atoms with E-state index in [1.165, 1.54) is 11.3 Å². The molecule has 0 aromatic carbocycles. The smallest absolute Gasteiger partial charge is 0.355 e. The van der Waals surface area contributed by atoms with Gasteiger partial charge in [0, 0.05) is 24.7 Å². The highest BCUT2D eigenvalue weighted by atomic mass is 32.1. The van der Waals surface area contributed by atoms with E-state index >= 15 is 0 Å². The predicted molar refractivity (Wildman–Crippen MR) is 69.2 cm³/mol. The van der Waals surface area contributed by atoms with E-state index in [4.69, 9.17) is 5.11 Å². The molecule has 0 saturated carbocycles. The van der Waals surface area contributed by atoms with Crippen molar-refractivity contribution < 1.29 is 9.90 Å². The van der Waals surface area contributed by atoms with Crippen molar-refractivity contribution in [2.45, 2.75) is 13.3 Å². The maximum absolute atomic E-state index is 10.8. The maximum atomic E-state index is 10.8. The summed E-state index contributed by atoms with van der Waals surface area (Å²) in [6.45, 7) is 2.46. The number of rotatable bonds is 5. The number of thiazole rings is 1. The van der Waals surface area contributed by atoms with Gasteiger partial charge in [-0.05, 0) is 18.9 Å². The molecule has 2 rings (SSSR count). The monoisotopic (exact) mass is 266 g/mol. The van der Waals surface area contributed by atoms with Gasteiger partial charge < -0.3 is 10.4 Å². The fourth-order valence-corrected chi connectivity index (χ4v) is 2.42. The summed E-state index contributed by atoms with van der Waals surface area (Å²) in [5, 5.41) is 16.7. The summed E-state index contributed by atoms with van der Waals surface area (Å²) in [7, 11) is 1.88. The van der Waals surface area contributed by atoms with Gasteiger partial charge in [0.25, 0.3) is 0 Å². The zero-order chi connectivity index (χ0) is 13.1. The topological polar surface area (TPSA) is 80.0 Å². The fraction of sp³-hybridized carbons (Fsp3) is 0.364. The van der Waals surface area contributed by atoms with E-state index in [0.29, 0.717) is 16.6 Å². The van der Waals surface area contributed by atoms with Crippen molar-refractivity contribution in [3.63, 3.8) is 0 Å². The van der Waals surface area contributed by atoms with Gasteiger partial charge in [-0.2, -0.15) is 5.10 Å². The van der Waals surface area contributed by atoms with E-state index < -0.39 is 5.97 Å². The second-order valence-corrected chi connectivity index (χ2v) is 5.13. The molecule has 0 amide bonds. The van der Waals surface area contributed by atoms with Crippen LogP contribution in [0.25, 0.3) is 0 Å². The highest BCUT2D eigenvalue weighted by molar-refractivity contribution is 7.15. The number of nitrogens with one attached hydrogen (secondary N) is 1. The third kappa shape index (κ3) is 2.86. The lowest BCUT2D eigenvalue weighted by atomic mass is 10.2. The Kier molecular flexibility index (Phi) is 3.61. The summed E-state index contributed by atoms with van der Waals surface area (Å²) in [6.07, 6.45) is 4.60. The van der Waals surface area contributed by atoms with Crippen LogP contribution in [0.5, 0.6) is 0 Å². The lowest BCUT2D eigenvalue weighted by molar-refractivity contribution is 0.0690. The summed E-state index contributed by atoms with van der Waals surface area (Å²) in [6, 6.07) is 0. The second-order valence-electron chi connectivity index (χ2n) is 3.93. The Bertz CT molecular complexity index is 561. The van der Waals surface area contributed by atoms with Crippen molar-refractivity contribution in [3.8, 4) is 0 Å². The number of carboxylic acids is 1. The van der Waals surface area contributed by atoms with E-state index in [1.807, 2.05) is 19.4 Å². The fourth-order valence-electron chi connectivity index (χ4n) is 1.59. The summed E-state index contributed by atoms with van der Waals surface area (Å²) in [5.41, 5.74) is 1.26. The number of aryl methyl sites for hydroxylation is 2. The first-order valence-electron chi connectivity index (χ1n) is 5.48. The van der Waals surface area contributed by atoms with Gasteiger partial charge in [0.1, 0.15) is 0 Å². The Hall–Kier alpha value is -1.89. The van der Waals surface area contributed by atoms with Crippen molar-refractivity contribution >= 4 is 22.4 Å². The molecule has 0 saturated heterocycles. The molecule has 0 spiro atoms. The number of aromatic carboxylic acids is 1. The number of carboxylic acid groups (broad SMARTS) is 1. The van der Waals surface area contributed by atoms with Crippen molar-refractivity contribution in [2.24, 2.45) is 7.05 Å². The molecule has 7 heteroatoms. The van der Waals surface area contributed by atoms with Gasteiger partial charge in [-0.3, -0.25) is 4.68 Å². The van der Waals surface area contributed by atoms with Crippen LogP contribution in [0.4, 0.5) is 5.13 Å². The van der Waals surface area contributed by atoms with E-state index in [-0.39, 0.29) is 5.69 Å². The quantitative estimate of drug-likeness (QED) is 0.858. The minimum atomic E-state index is -0.982. The molecular formula is C11H14N4O2S. The molecule has 0 atom stereocenters. The number of carbonyl (C=O) groups is 1. The molecule has 2 aromatic heterocycles.